The van der Waals surface area contributed by atoms with Crippen molar-refractivity contribution in [3.63, 3.8) is 0 Å². The summed E-state index contributed by atoms with van der Waals surface area (Å²) in [5.41, 5.74) is 6.57. The molecule has 1 rings (SSSR count). The van der Waals surface area contributed by atoms with E-state index in [1.54, 1.807) is 12.1 Å². The lowest BCUT2D eigenvalue weighted by atomic mass is 10.1. The fourth-order valence-corrected chi connectivity index (χ4v) is 1.68. The van der Waals surface area contributed by atoms with Crippen molar-refractivity contribution in [2.45, 2.75) is 13.0 Å². The van der Waals surface area contributed by atoms with Gasteiger partial charge < -0.3 is 15.9 Å². The highest BCUT2D eigenvalue weighted by molar-refractivity contribution is 9.10. The van der Waals surface area contributed by atoms with Crippen LogP contribution in [0.4, 0.5) is 0 Å². The van der Waals surface area contributed by atoms with Gasteiger partial charge in [0, 0.05) is 12.1 Å². The Balaban J connectivity index is 3.13. The summed E-state index contributed by atoms with van der Waals surface area (Å²) in [5.74, 6) is -1.02. The average molecular weight is 260 g/mol. The molecule has 0 aromatic heterocycles. The lowest BCUT2D eigenvalue weighted by Crippen LogP contribution is -2.03. The molecule has 0 fully saturated rings. The first-order valence-corrected chi connectivity index (χ1v) is 4.76. The normalized spacial score (nSPS) is 10.1. The number of aliphatic carboxylic acids is 1. The van der Waals surface area contributed by atoms with Gasteiger partial charge in [0.25, 0.3) is 0 Å². The highest BCUT2D eigenvalue weighted by atomic mass is 79.9. The largest absolute Gasteiger partial charge is 0.506 e. The lowest BCUT2D eigenvalue weighted by molar-refractivity contribution is -0.136. The second-order valence-electron chi connectivity index (χ2n) is 2.86. The third-order valence-corrected chi connectivity index (χ3v) is 2.38. The van der Waals surface area contributed by atoms with Crippen molar-refractivity contribution in [2.75, 3.05) is 0 Å². The number of nitrogens with two attached hydrogens (primary N) is 1. The Morgan fingerprint density at radius 3 is 2.64 bits per heavy atom. The minimum absolute atomic E-state index is 0.0374. The Hall–Kier alpha value is -1.07. The summed E-state index contributed by atoms with van der Waals surface area (Å²) in [6.45, 7) is 0.311. The van der Waals surface area contributed by atoms with Crippen molar-refractivity contribution >= 4 is 21.9 Å². The lowest BCUT2D eigenvalue weighted by Gasteiger charge is -2.06. The second kappa shape index (κ2) is 4.43. The molecular formula is C9H10BrNO3. The molecule has 0 aliphatic heterocycles. The summed E-state index contributed by atoms with van der Waals surface area (Å²) in [7, 11) is 0. The van der Waals surface area contributed by atoms with E-state index in [0.717, 1.165) is 5.56 Å². The molecule has 14 heavy (non-hydrogen) atoms. The number of rotatable bonds is 3. The molecule has 0 spiro atoms. The Kier molecular flexibility index (Phi) is 3.49. The van der Waals surface area contributed by atoms with E-state index < -0.39 is 5.97 Å². The number of halogens is 1. The van der Waals surface area contributed by atoms with Crippen molar-refractivity contribution in [1.82, 2.24) is 0 Å². The van der Waals surface area contributed by atoms with Crippen LogP contribution in [0, 0.1) is 0 Å². The standard InChI is InChI=1S/C9H10BrNO3/c10-7-2-5(4-11)1-6(9(7)14)3-8(12)13/h1-2,14H,3-4,11H2,(H,12,13). The van der Waals surface area contributed by atoms with Gasteiger partial charge in [0.05, 0.1) is 10.9 Å². The zero-order valence-electron chi connectivity index (χ0n) is 7.33. The van der Waals surface area contributed by atoms with E-state index in [1.165, 1.54) is 0 Å². The molecule has 1 aromatic carbocycles. The molecule has 0 saturated carbocycles. The summed E-state index contributed by atoms with van der Waals surface area (Å²) < 4.78 is 0.469. The van der Waals surface area contributed by atoms with Crippen LogP contribution in [-0.4, -0.2) is 16.2 Å². The molecule has 0 radical (unpaired) electrons. The number of phenols is 1. The van der Waals surface area contributed by atoms with Gasteiger partial charge in [0.1, 0.15) is 5.75 Å². The van der Waals surface area contributed by atoms with E-state index >= 15 is 0 Å². The maximum Gasteiger partial charge on any atom is 0.307 e. The fourth-order valence-electron chi connectivity index (χ4n) is 1.13. The molecule has 76 valence electrons. The summed E-state index contributed by atoms with van der Waals surface area (Å²) >= 11 is 3.13. The van der Waals surface area contributed by atoms with Crippen LogP contribution in [0.1, 0.15) is 11.1 Å². The van der Waals surface area contributed by atoms with Crippen LogP contribution in [0.2, 0.25) is 0 Å². The molecule has 0 saturated heterocycles. The molecule has 4 nitrogen and oxygen atoms in total. The molecular weight excluding hydrogens is 250 g/mol. The van der Waals surface area contributed by atoms with Crippen LogP contribution in [0.5, 0.6) is 5.75 Å². The second-order valence-corrected chi connectivity index (χ2v) is 3.71. The topological polar surface area (TPSA) is 83.5 Å². The van der Waals surface area contributed by atoms with Crippen molar-refractivity contribution in [1.29, 1.82) is 0 Å². The molecule has 0 bridgehead atoms. The van der Waals surface area contributed by atoms with Gasteiger partial charge in [-0.25, -0.2) is 0 Å². The highest BCUT2D eigenvalue weighted by Crippen LogP contribution is 2.29. The van der Waals surface area contributed by atoms with Gasteiger partial charge in [0.15, 0.2) is 0 Å². The van der Waals surface area contributed by atoms with Crippen molar-refractivity contribution in [3.05, 3.63) is 27.7 Å². The number of aromatic hydroxyl groups is 1. The summed E-state index contributed by atoms with van der Waals surface area (Å²) in [6.07, 6.45) is -0.210. The van der Waals surface area contributed by atoms with Crippen LogP contribution in [-0.2, 0) is 17.8 Å². The molecule has 1 aromatic rings. The fraction of sp³-hybridized carbons (Fsp3) is 0.222. The average Bonchev–Trinajstić information content (AvgIpc) is 2.11. The summed E-state index contributed by atoms with van der Waals surface area (Å²) in [4.78, 5) is 10.5. The van der Waals surface area contributed by atoms with Gasteiger partial charge in [-0.1, -0.05) is 6.07 Å². The monoisotopic (exact) mass is 259 g/mol. The Bertz CT molecular complexity index is 365. The minimum atomic E-state index is -0.985. The smallest absolute Gasteiger partial charge is 0.307 e. The minimum Gasteiger partial charge on any atom is -0.506 e. The van der Waals surface area contributed by atoms with Gasteiger partial charge in [-0.2, -0.15) is 0 Å². The number of carboxylic acid groups (broad SMARTS) is 1. The number of phenolic OH excluding ortho intramolecular Hbond substituents is 1. The number of carboxylic acids is 1. The van der Waals surface area contributed by atoms with E-state index in [4.69, 9.17) is 10.8 Å². The molecule has 5 heteroatoms. The molecule has 0 aliphatic carbocycles. The number of benzene rings is 1. The van der Waals surface area contributed by atoms with Crippen LogP contribution in [0.25, 0.3) is 0 Å². The van der Waals surface area contributed by atoms with Gasteiger partial charge in [0.2, 0.25) is 0 Å². The van der Waals surface area contributed by atoms with Gasteiger partial charge >= 0.3 is 5.97 Å². The molecule has 0 atom stereocenters. The molecule has 0 heterocycles. The maximum absolute atomic E-state index is 10.5. The van der Waals surface area contributed by atoms with Gasteiger partial charge in [-0.05, 0) is 27.6 Å². The first-order chi connectivity index (χ1) is 6.54. The van der Waals surface area contributed by atoms with Crippen molar-refractivity contribution < 1.29 is 15.0 Å². The Labute approximate surface area is 89.5 Å². The highest BCUT2D eigenvalue weighted by Gasteiger charge is 2.10. The van der Waals surface area contributed by atoms with E-state index in [-0.39, 0.29) is 12.2 Å². The summed E-state index contributed by atoms with van der Waals surface area (Å²) in [5, 5.41) is 18.1. The third-order valence-electron chi connectivity index (χ3n) is 1.78. The van der Waals surface area contributed by atoms with E-state index in [9.17, 15) is 9.90 Å². The van der Waals surface area contributed by atoms with Crippen LogP contribution >= 0.6 is 15.9 Å². The Morgan fingerprint density at radius 1 is 1.50 bits per heavy atom. The van der Waals surface area contributed by atoms with Gasteiger partial charge in [-0.15, -0.1) is 0 Å². The Morgan fingerprint density at radius 2 is 2.14 bits per heavy atom. The van der Waals surface area contributed by atoms with Crippen LogP contribution in [0.3, 0.4) is 0 Å². The third kappa shape index (κ3) is 2.46. The van der Waals surface area contributed by atoms with Crippen LogP contribution in [0.15, 0.2) is 16.6 Å². The van der Waals surface area contributed by atoms with Crippen LogP contribution < -0.4 is 5.73 Å². The number of carbonyl (C=O) groups is 1. The van der Waals surface area contributed by atoms with E-state index in [1.807, 2.05) is 0 Å². The quantitative estimate of drug-likeness (QED) is 0.763. The zero-order chi connectivity index (χ0) is 10.7. The summed E-state index contributed by atoms with van der Waals surface area (Å²) in [6, 6.07) is 3.26. The van der Waals surface area contributed by atoms with E-state index in [0.29, 0.717) is 16.6 Å². The number of hydrogen-bond donors (Lipinski definition) is 3. The molecule has 0 amide bonds. The molecule has 0 aliphatic rings. The predicted octanol–water partition coefficient (Wildman–Crippen LogP) is 1.24. The molecule has 4 N–H and O–H groups in total. The van der Waals surface area contributed by atoms with Crippen molar-refractivity contribution in [2.24, 2.45) is 5.73 Å². The maximum atomic E-state index is 10.5. The van der Waals surface area contributed by atoms with E-state index in [2.05, 4.69) is 15.9 Å². The zero-order valence-corrected chi connectivity index (χ0v) is 8.91. The first-order valence-electron chi connectivity index (χ1n) is 3.96. The van der Waals surface area contributed by atoms with Gasteiger partial charge in [-0.3, -0.25) is 4.79 Å². The predicted molar refractivity (Wildman–Crippen MR) is 55.0 cm³/mol. The van der Waals surface area contributed by atoms with Crippen molar-refractivity contribution in [3.8, 4) is 5.75 Å². The number of hydrogen-bond acceptors (Lipinski definition) is 3. The first kappa shape index (κ1) is 11.0. The SMILES string of the molecule is NCc1cc(Br)c(O)c(CC(=O)O)c1. The molecule has 0 unspecified atom stereocenters.